The SMILES string of the molecule is CCN(C(=O)COC(=O)CNC(=O)c1ccc(F)cc1)[C@H]1CCS(=O)(=O)C1. The maximum absolute atomic E-state index is 12.8. The molecule has 0 spiro atoms. The van der Waals surface area contributed by atoms with E-state index in [1.807, 2.05) is 0 Å². The lowest BCUT2D eigenvalue weighted by molar-refractivity contribution is -0.151. The van der Waals surface area contributed by atoms with Crippen molar-refractivity contribution in [3.8, 4) is 0 Å². The molecule has 148 valence electrons. The van der Waals surface area contributed by atoms with E-state index in [4.69, 9.17) is 4.74 Å². The molecule has 1 heterocycles. The van der Waals surface area contributed by atoms with Crippen molar-refractivity contribution in [2.45, 2.75) is 19.4 Å². The van der Waals surface area contributed by atoms with Gasteiger partial charge in [-0.1, -0.05) is 0 Å². The van der Waals surface area contributed by atoms with Crippen molar-refractivity contribution in [2.75, 3.05) is 31.2 Å². The number of halogens is 1. The molecule has 1 aromatic carbocycles. The lowest BCUT2D eigenvalue weighted by Crippen LogP contribution is -2.43. The standard InChI is InChI=1S/C17H21FN2O6S/c1-2-20(14-7-8-27(24,25)11-14)15(21)10-26-16(22)9-19-17(23)12-3-5-13(18)6-4-12/h3-6,14H,2,7-11H2,1H3,(H,19,23)/t14-/m0/s1. The Morgan fingerprint density at radius 1 is 1.26 bits per heavy atom. The van der Waals surface area contributed by atoms with Gasteiger partial charge in [0.15, 0.2) is 16.4 Å². The molecule has 2 amide bonds. The maximum Gasteiger partial charge on any atom is 0.325 e. The van der Waals surface area contributed by atoms with E-state index < -0.39 is 52.6 Å². The molecular formula is C17H21FN2O6S. The monoisotopic (exact) mass is 400 g/mol. The summed E-state index contributed by atoms with van der Waals surface area (Å²) in [7, 11) is -3.14. The molecule has 0 aromatic heterocycles. The van der Waals surface area contributed by atoms with Crippen molar-refractivity contribution in [3.05, 3.63) is 35.6 Å². The number of esters is 1. The lowest BCUT2D eigenvalue weighted by atomic mass is 10.2. The maximum atomic E-state index is 12.8. The smallest absolute Gasteiger partial charge is 0.325 e. The second-order valence-corrected chi connectivity index (χ2v) is 8.32. The topological polar surface area (TPSA) is 110 Å². The predicted octanol–water partition coefficient (Wildman–Crippen LogP) is 0.134. The van der Waals surface area contributed by atoms with Gasteiger partial charge >= 0.3 is 5.97 Å². The van der Waals surface area contributed by atoms with Gasteiger partial charge in [-0.25, -0.2) is 12.8 Å². The van der Waals surface area contributed by atoms with Gasteiger partial charge in [-0.15, -0.1) is 0 Å². The molecule has 1 N–H and O–H groups in total. The van der Waals surface area contributed by atoms with Crippen molar-refractivity contribution in [2.24, 2.45) is 0 Å². The van der Waals surface area contributed by atoms with Crippen LogP contribution < -0.4 is 5.32 Å². The number of nitrogens with zero attached hydrogens (tertiary/aromatic N) is 1. The summed E-state index contributed by atoms with van der Waals surface area (Å²) in [6.45, 7) is 1.04. The molecule has 1 saturated heterocycles. The molecule has 0 radical (unpaired) electrons. The van der Waals surface area contributed by atoms with Gasteiger partial charge in [0.25, 0.3) is 11.8 Å². The minimum Gasteiger partial charge on any atom is -0.454 e. The fourth-order valence-electron chi connectivity index (χ4n) is 2.79. The molecule has 27 heavy (non-hydrogen) atoms. The van der Waals surface area contributed by atoms with E-state index in [0.717, 1.165) is 12.1 Å². The predicted molar refractivity (Wildman–Crippen MR) is 94.1 cm³/mol. The molecule has 8 nitrogen and oxygen atoms in total. The van der Waals surface area contributed by atoms with Gasteiger partial charge in [-0.2, -0.15) is 0 Å². The van der Waals surface area contributed by atoms with Crippen LogP contribution in [0.15, 0.2) is 24.3 Å². The first-order chi connectivity index (χ1) is 12.7. The Kier molecular flexibility index (Phi) is 6.89. The van der Waals surface area contributed by atoms with E-state index in [0.29, 0.717) is 13.0 Å². The molecule has 1 aliphatic rings. The highest BCUT2D eigenvalue weighted by Gasteiger charge is 2.34. The van der Waals surface area contributed by atoms with Crippen LogP contribution in [-0.2, 0) is 24.2 Å². The van der Waals surface area contributed by atoms with Crippen LogP contribution in [0.4, 0.5) is 4.39 Å². The summed E-state index contributed by atoms with van der Waals surface area (Å²) in [6.07, 6.45) is 0.365. The Balaban J connectivity index is 1.77. The van der Waals surface area contributed by atoms with Gasteiger partial charge in [-0.05, 0) is 37.6 Å². The summed E-state index contributed by atoms with van der Waals surface area (Å²) in [6, 6.07) is 4.37. The highest BCUT2D eigenvalue weighted by atomic mass is 32.2. The van der Waals surface area contributed by atoms with Crippen LogP contribution in [0.3, 0.4) is 0 Å². The van der Waals surface area contributed by atoms with Crippen LogP contribution in [0.25, 0.3) is 0 Å². The summed E-state index contributed by atoms with van der Waals surface area (Å²) < 4.78 is 40.8. The number of nitrogens with one attached hydrogen (secondary N) is 1. The molecule has 10 heteroatoms. The highest BCUT2D eigenvalue weighted by Crippen LogP contribution is 2.17. The largest absolute Gasteiger partial charge is 0.454 e. The average molecular weight is 400 g/mol. The number of hydrogen-bond donors (Lipinski definition) is 1. The Morgan fingerprint density at radius 3 is 2.48 bits per heavy atom. The summed E-state index contributed by atoms with van der Waals surface area (Å²) in [4.78, 5) is 37.1. The molecule has 0 saturated carbocycles. The zero-order valence-electron chi connectivity index (χ0n) is 14.8. The van der Waals surface area contributed by atoms with Crippen molar-refractivity contribution in [3.63, 3.8) is 0 Å². The Labute approximate surface area is 156 Å². The minimum absolute atomic E-state index is 0.0383. The van der Waals surface area contributed by atoms with Crippen molar-refractivity contribution >= 4 is 27.6 Å². The number of carbonyl (C=O) groups excluding carboxylic acids is 3. The number of sulfone groups is 1. The summed E-state index contributed by atoms with van der Waals surface area (Å²) in [5, 5.41) is 2.31. The zero-order valence-corrected chi connectivity index (χ0v) is 15.6. The third-order valence-corrected chi connectivity index (χ3v) is 5.92. The number of amides is 2. The first-order valence-electron chi connectivity index (χ1n) is 8.41. The van der Waals surface area contributed by atoms with E-state index in [9.17, 15) is 27.2 Å². The quantitative estimate of drug-likeness (QED) is 0.652. The van der Waals surface area contributed by atoms with E-state index in [1.54, 1.807) is 6.92 Å². The molecule has 0 unspecified atom stereocenters. The number of likely N-dealkylation sites (N-methyl/N-ethyl adjacent to an activating group) is 1. The van der Waals surface area contributed by atoms with Crippen molar-refractivity contribution in [1.82, 2.24) is 10.2 Å². The third kappa shape index (κ3) is 6.02. The Morgan fingerprint density at radius 2 is 1.93 bits per heavy atom. The third-order valence-electron chi connectivity index (χ3n) is 4.17. The highest BCUT2D eigenvalue weighted by molar-refractivity contribution is 7.91. The Bertz CT molecular complexity index is 809. The summed E-state index contributed by atoms with van der Waals surface area (Å²) in [5.74, 6) is -2.42. The van der Waals surface area contributed by atoms with Gasteiger partial charge in [-0.3, -0.25) is 14.4 Å². The van der Waals surface area contributed by atoms with E-state index in [2.05, 4.69) is 5.32 Å². The van der Waals surface area contributed by atoms with Crippen LogP contribution >= 0.6 is 0 Å². The van der Waals surface area contributed by atoms with Gasteiger partial charge in [0.1, 0.15) is 12.4 Å². The number of benzene rings is 1. The fourth-order valence-corrected chi connectivity index (χ4v) is 4.52. The van der Waals surface area contributed by atoms with Gasteiger partial charge in [0.05, 0.1) is 11.5 Å². The first-order valence-corrected chi connectivity index (χ1v) is 10.2. The molecule has 2 rings (SSSR count). The van der Waals surface area contributed by atoms with Crippen LogP contribution in [0.2, 0.25) is 0 Å². The average Bonchev–Trinajstić information content (AvgIpc) is 2.98. The van der Waals surface area contributed by atoms with Crippen molar-refractivity contribution in [1.29, 1.82) is 0 Å². The molecule has 0 aliphatic carbocycles. The second kappa shape index (κ2) is 8.94. The van der Waals surface area contributed by atoms with Crippen LogP contribution in [0.5, 0.6) is 0 Å². The Hall–Kier alpha value is -2.49. The molecule has 1 atom stereocenters. The van der Waals surface area contributed by atoms with Gasteiger partial charge < -0.3 is 15.0 Å². The van der Waals surface area contributed by atoms with E-state index in [1.165, 1.54) is 17.0 Å². The lowest BCUT2D eigenvalue weighted by Gasteiger charge is -2.26. The molecule has 0 bridgehead atoms. The first kappa shape index (κ1) is 20.8. The van der Waals surface area contributed by atoms with Gasteiger partial charge in [0.2, 0.25) is 0 Å². The molecular weight excluding hydrogens is 379 g/mol. The van der Waals surface area contributed by atoms with Crippen LogP contribution in [-0.4, -0.2) is 68.3 Å². The zero-order chi connectivity index (χ0) is 20.0. The molecule has 1 aliphatic heterocycles. The van der Waals surface area contributed by atoms with Crippen molar-refractivity contribution < 1.29 is 31.9 Å². The normalized spacial score (nSPS) is 17.9. The van der Waals surface area contributed by atoms with Crippen LogP contribution in [0.1, 0.15) is 23.7 Å². The summed E-state index contributed by atoms with van der Waals surface area (Å²) in [5.41, 5.74) is 0.180. The minimum atomic E-state index is -3.14. The van der Waals surface area contributed by atoms with Gasteiger partial charge in [0, 0.05) is 18.2 Å². The summed E-state index contributed by atoms with van der Waals surface area (Å²) >= 11 is 0. The second-order valence-electron chi connectivity index (χ2n) is 6.09. The number of carbonyl (C=O) groups is 3. The number of rotatable bonds is 7. The molecule has 1 fully saturated rings. The number of ether oxygens (including phenoxy) is 1. The molecule has 1 aromatic rings. The van der Waals surface area contributed by atoms with E-state index >= 15 is 0 Å². The number of hydrogen-bond acceptors (Lipinski definition) is 6. The fraction of sp³-hybridized carbons (Fsp3) is 0.471. The van der Waals surface area contributed by atoms with Crippen LogP contribution in [0, 0.1) is 5.82 Å². The van der Waals surface area contributed by atoms with E-state index in [-0.39, 0.29) is 17.1 Å².